The Labute approximate surface area is 219 Å². The molecule has 0 aliphatic heterocycles. The van der Waals surface area contributed by atoms with Gasteiger partial charge in [0.2, 0.25) is 0 Å². The molecule has 1 aliphatic rings. The minimum absolute atomic E-state index is 0.0300. The summed E-state index contributed by atoms with van der Waals surface area (Å²) < 4.78 is 12.1. The predicted octanol–water partition coefficient (Wildman–Crippen LogP) is 6.71. The number of aliphatic hydroxyl groups excluding tert-OH is 2. The molecule has 0 aromatic heterocycles. The molecule has 36 heavy (non-hydrogen) atoms. The van der Waals surface area contributed by atoms with Crippen molar-refractivity contribution in [3.8, 4) is 11.5 Å². The predicted molar refractivity (Wildman–Crippen MR) is 149 cm³/mol. The second kappa shape index (κ2) is 14.0. The zero-order valence-electron chi connectivity index (χ0n) is 23.1. The summed E-state index contributed by atoms with van der Waals surface area (Å²) in [5.41, 5.74) is 7.78. The maximum atomic E-state index is 9.39. The van der Waals surface area contributed by atoms with Gasteiger partial charge in [0.1, 0.15) is 24.7 Å². The van der Waals surface area contributed by atoms with Crippen LogP contribution in [-0.4, -0.2) is 36.6 Å². The van der Waals surface area contributed by atoms with Crippen molar-refractivity contribution in [2.45, 2.75) is 104 Å². The summed E-state index contributed by atoms with van der Waals surface area (Å²) in [6.45, 7) is 9.53. The summed E-state index contributed by atoms with van der Waals surface area (Å²) in [7, 11) is 0. The van der Waals surface area contributed by atoms with Gasteiger partial charge in [0, 0.05) is 5.41 Å². The summed E-state index contributed by atoms with van der Waals surface area (Å²) in [6.07, 6.45) is 12.3. The van der Waals surface area contributed by atoms with Gasteiger partial charge in [-0.25, -0.2) is 0 Å². The van der Waals surface area contributed by atoms with Gasteiger partial charge in [0.05, 0.1) is 13.2 Å². The molecule has 2 N–H and O–H groups in total. The number of benzene rings is 2. The van der Waals surface area contributed by atoms with Crippen LogP contribution >= 0.6 is 0 Å². The first-order valence-corrected chi connectivity index (χ1v) is 14.4. The average Bonchev–Trinajstić information content (AvgIpc) is 2.89. The van der Waals surface area contributed by atoms with Gasteiger partial charge in [-0.2, -0.15) is 0 Å². The molecule has 1 saturated carbocycles. The fourth-order valence-corrected chi connectivity index (χ4v) is 6.03. The molecule has 0 bridgehead atoms. The van der Waals surface area contributed by atoms with Crippen LogP contribution in [0.25, 0.3) is 0 Å². The highest BCUT2D eigenvalue weighted by molar-refractivity contribution is 5.54. The van der Waals surface area contributed by atoms with E-state index in [1.807, 2.05) is 0 Å². The van der Waals surface area contributed by atoms with Gasteiger partial charge >= 0.3 is 0 Å². The van der Waals surface area contributed by atoms with Gasteiger partial charge in [0.25, 0.3) is 0 Å². The molecule has 2 aromatic carbocycles. The van der Waals surface area contributed by atoms with Crippen LogP contribution < -0.4 is 9.47 Å². The van der Waals surface area contributed by atoms with Crippen molar-refractivity contribution in [3.63, 3.8) is 0 Å². The molecule has 4 nitrogen and oxygen atoms in total. The molecule has 0 atom stereocenters. The fraction of sp³-hybridized carbons (Fsp3) is 0.625. The van der Waals surface area contributed by atoms with E-state index in [0.717, 1.165) is 50.0 Å². The first-order valence-electron chi connectivity index (χ1n) is 14.4. The largest absolute Gasteiger partial charge is 0.491 e. The molecule has 0 heterocycles. The fourth-order valence-electron chi connectivity index (χ4n) is 6.03. The van der Waals surface area contributed by atoms with Crippen molar-refractivity contribution in [1.82, 2.24) is 0 Å². The van der Waals surface area contributed by atoms with Crippen LogP contribution in [0.4, 0.5) is 0 Å². The van der Waals surface area contributed by atoms with Crippen molar-refractivity contribution in [1.29, 1.82) is 0 Å². The Hall–Kier alpha value is -2.04. The molecule has 0 amide bonds. The normalized spacial score (nSPS) is 15.8. The minimum Gasteiger partial charge on any atom is -0.491 e. The average molecular weight is 497 g/mol. The van der Waals surface area contributed by atoms with Gasteiger partial charge in [-0.05, 0) is 71.9 Å². The summed E-state index contributed by atoms with van der Waals surface area (Å²) >= 11 is 0. The number of aliphatic hydroxyl groups is 2. The van der Waals surface area contributed by atoms with E-state index in [4.69, 9.17) is 9.47 Å². The van der Waals surface area contributed by atoms with Crippen LogP contribution in [0.2, 0.25) is 0 Å². The van der Waals surface area contributed by atoms with Crippen LogP contribution in [0.5, 0.6) is 11.5 Å². The van der Waals surface area contributed by atoms with E-state index >= 15 is 0 Å². The Morgan fingerprint density at radius 2 is 0.917 bits per heavy atom. The molecular weight excluding hydrogens is 448 g/mol. The molecule has 0 saturated heterocycles. The standard InChI is InChI=1S/C32H48O4/c1-5-24-20-28(21-25(6-2)30(24)35-18-16-33)32(14-12-10-9-11-13-15-32)29-22-26(7-3)31(36-19-17-34)27(8-4)23-29/h20-23,33-34H,5-19H2,1-4H3. The van der Waals surface area contributed by atoms with Crippen LogP contribution in [0.3, 0.4) is 0 Å². The molecule has 1 aliphatic carbocycles. The van der Waals surface area contributed by atoms with E-state index < -0.39 is 0 Å². The van der Waals surface area contributed by atoms with Gasteiger partial charge in [-0.1, -0.05) is 84.1 Å². The summed E-state index contributed by atoms with van der Waals surface area (Å²) in [6, 6.07) is 9.61. The molecule has 4 heteroatoms. The van der Waals surface area contributed by atoms with Crippen molar-refractivity contribution in [2.24, 2.45) is 0 Å². The minimum atomic E-state index is -0.0346. The molecule has 3 rings (SSSR count). The number of ether oxygens (including phenoxy) is 2. The van der Waals surface area contributed by atoms with E-state index in [0.29, 0.717) is 13.2 Å². The Kier molecular flexibility index (Phi) is 11.1. The van der Waals surface area contributed by atoms with Crippen molar-refractivity contribution in [3.05, 3.63) is 57.6 Å². The molecule has 0 radical (unpaired) electrons. The lowest BCUT2D eigenvalue weighted by Crippen LogP contribution is -2.30. The quantitative estimate of drug-likeness (QED) is 0.343. The van der Waals surface area contributed by atoms with Gasteiger partial charge in [-0.3, -0.25) is 0 Å². The van der Waals surface area contributed by atoms with E-state index in [9.17, 15) is 10.2 Å². The van der Waals surface area contributed by atoms with Gasteiger partial charge in [-0.15, -0.1) is 0 Å². The first kappa shape index (κ1) is 28.5. The summed E-state index contributed by atoms with van der Waals surface area (Å²) in [4.78, 5) is 0. The number of aryl methyl sites for hydroxylation is 4. The highest BCUT2D eigenvalue weighted by Crippen LogP contribution is 2.47. The number of hydrogen-bond donors (Lipinski definition) is 2. The summed E-state index contributed by atoms with van der Waals surface area (Å²) in [5.74, 6) is 1.94. The second-order valence-corrected chi connectivity index (χ2v) is 10.2. The maximum absolute atomic E-state index is 9.39. The van der Waals surface area contributed by atoms with Crippen LogP contribution in [0, 0.1) is 0 Å². The van der Waals surface area contributed by atoms with E-state index in [1.54, 1.807) is 0 Å². The molecule has 0 unspecified atom stereocenters. The third kappa shape index (κ3) is 6.26. The molecular formula is C32H48O4. The van der Waals surface area contributed by atoms with Gasteiger partial charge < -0.3 is 19.7 Å². The monoisotopic (exact) mass is 496 g/mol. The first-order chi connectivity index (χ1) is 17.6. The van der Waals surface area contributed by atoms with E-state index in [2.05, 4.69) is 52.0 Å². The van der Waals surface area contributed by atoms with Crippen molar-refractivity contribution in [2.75, 3.05) is 26.4 Å². The number of rotatable bonds is 12. The molecule has 200 valence electrons. The van der Waals surface area contributed by atoms with E-state index in [1.165, 1.54) is 65.5 Å². The lowest BCUT2D eigenvalue weighted by atomic mass is 9.65. The lowest BCUT2D eigenvalue weighted by molar-refractivity contribution is 0.199. The highest BCUT2D eigenvalue weighted by atomic mass is 16.5. The Morgan fingerprint density at radius 3 is 1.22 bits per heavy atom. The topological polar surface area (TPSA) is 58.9 Å². The SMILES string of the molecule is CCc1cc(C2(c3cc(CC)c(OCCO)c(CC)c3)CCCCCCC2)cc(CC)c1OCCO. The smallest absolute Gasteiger partial charge is 0.125 e. The third-order valence-electron chi connectivity index (χ3n) is 8.00. The van der Waals surface area contributed by atoms with Crippen molar-refractivity contribution >= 4 is 0 Å². The zero-order valence-corrected chi connectivity index (χ0v) is 23.1. The molecule has 1 fully saturated rings. The number of hydrogen-bond acceptors (Lipinski definition) is 4. The van der Waals surface area contributed by atoms with Crippen LogP contribution in [-0.2, 0) is 31.1 Å². The highest BCUT2D eigenvalue weighted by Gasteiger charge is 2.36. The third-order valence-corrected chi connectivity index (χ3v) is 8.00. The van der Waals surface area contributed by atoms with Crippen molar-refractivity contribution < 1.29 is 19.7 Å². The lowest BCUT2D eigenvalue weighted by Gasteiger charge is -2.39. The summed E-state index contributed by atoms with van der Waals surface area (Å²) in [5, 5.41) is 18.8. The Morgan fingerprint density at radius 1 is 0.583 bits per heavy atom. The maximum Gasteiger partial charge on any atom is 0.125 e. The molecule has 2 aromatic rings. The molecule has 0 spiro atoms. The zero-order chi connectivity index (χ0) is 26.0. The Bertz CT molecular complexity index is 837. The van der Waals surface area contributed by atoms with E-state index in [-0.39, 0.29) is 18.6 Å². The van der Waals surface area contributed by atoms with Crippen LogP contribution in [0.1, 0.15) is 106 Å². The second-order valence-electron chi connectivity index (χ2n) is 10.2. The van der Waals surface area contributed by atoms with Gasteiger partial charge in [0.15, 0.2) is 0 Å². The Balaban J connectivity index is 2.24. The van der Waals surface area contributed by atoms with Crippen LogP contribution in [0.15, 0.2) is 24.3 Å².